The first kappa shape index (κ1) is 17.9. The first-order valence-electron chi connectivity index (χ1n) is 8.99. The second-order valence-corrected chi connectivity index (χ2v) is 6.42. The Morgan fingerprint density at radius 1 is 1.25 bits per heavy atom. The molecular weight excluding hydrogens is 361 g/mol. The van der Waals surface area contributed by atoms with Crippen LogP contribution in [-0.2, 0) is 16.0 Å². The van der Waals surface area contributed by atoms with E-state index in [4.69, 9.17) is 4.74 Å². The minimum atomic E-state index is -0.537. The van der Waals surface area contributed by atoms with Gasteiger partial charge in [-0.3, -0.25) is 9.78 Å². The highest BCUT2D eigenvalue weighted by molar-refractivity contribution is 6.18. The number of hydrogen-bond acceptors (Lipinski definition) is 4. The van der Waals surface area contributed by atoms with E-state index in [1.807, 2.05) is 0 Å². The summed E-state index contributed by atoms with van der Waals surface area (Å²) in [4.78, 5) is 34.1. The summed E-state index contributed by atoms with van der Waals surface area (Å²) < 4.78 is 19.0. The van der Waals surface area contributed by atoms with Gasteiger partial charge in [0.2, 0.25) is 0 Å². The molecule has 0 radical (unpaired) electrons. The highest BCUT2D eigenvalue weighted by Gasteiger charge is 2.27. The summed E-state index contributed by atoms with van der Waals surface area (Å²) in [6.07, 6.45) is 5.06. The number of halogens is 1. The van der Waals surface area contributed by atoms with E-state index in [2.05, 4.69) is 9.97 Å². The smallest absolute Gasteiger partial charge is 0.341 e. The summed E-state index contributed by atoms with van der Waals surface area (Å²) in [5.74, 6) is -1.14. The number of aromatic amines is 1. The number of esters is 1. The van der Waals surface area contributed by atoms with E-state index in [1.54, 1.807) is 37.5 Å². The van der Waals surface area contributed by atoms with Crippen molar-refractivity contribution in [2.24, 2.45) is 0 Å². The summed E-state index contributed by atoms with van der Waals surface area (Å²) >= 11 is 0. The lowest BCUT2D eigenvalue weighted by atomic mass is 10.0. The third-order valence-corrected chi connectivity index (χ3v) is 4.71. The Bertz CT molecular complexity index is 1090. The molecule has 1 amide bonds. The molecule has 0 saturated carbocycles. The number of amides is 1. The first-order chi connectivity index (χ1) is 13.6. The minimum Gasteiger partial charge on any atom is -0.462 e. The topological polar surface area (TPSA) is 75.3 Å². The molecule has 7 heteroatoms. The van der Waals surface area contributed by atoms with Gasteiger partial charge < -0.3 is 14.6 Å². The molecule has 0 spiro atoms. The molecule has 1 aliphatic rings. The van der Waals surface area contributed by atoms with Crippen LogP contribution in [0.5, 0.6) is 0 Å². The van der Waals surface area contributed by atoms with Crippen LogP contribution in [0.1, 0.15) is 28.5 Å². The molecule has 1 aliphatic heterocycles. The molecule has 0 fully saturated rings. The molecule has 3 aromatic rings. The number of benzene rings is 1. The van der Waals surface area contributed by atoms with Gasteiger partial charge in [0.25, 0.3) is 5.91 Å². The third-order valence-electron chi connectivity index (χ3n) is 4.71. The maximum absolute atomic E-state index is 13.8. The number of fused-ring (bicyclic) bond motifs is 3. The molecule has 0 unspecified atom stereocenters. The lowest BCUT2D eigenvalue weighted by molar-refractivity contribution is -0.136. The van der Waals surface area contributed by atoms with E-state index in [0.29, 0.717) is 29.6 Å². The maximum Gasteiger partial charge on any atom is 0.341 e. The lowest BCUT2D eigenvalue weighted by Gasteiger charge is -2.17. The van der Waals surface area contributed by atoms with Gasteiger partial charge >= 0.3 is 5.97 Å². The maximum atomic E-state index is 13.8. The number of H-pyrrole nitrogens is 1. The number of pyridine rings is 1. The molecule has 3 heterocycles. The van der Waals surface area contributed by atoms with Gasteiger partial charge in [0.15, 0.2) is 0 Å². The van der Waals surface area contributed by atoms with Crippen LogP contribution in [0.25, 0.3) is 16.5 Å². The van der Waals surface area contributed by atoms with E-state index in [-0.39, 0.29) is 23.9 Å². The van der Waals surface area contributed by atoms with Crippen molar-refractivity contribution in [1.82, 2.24) is 14.9 Å². The molecule has 0 atom stereocenters. The van der Waals surface area contributed by atoms with Crippen LogP contribution in [0.4, 0.5) is 4.39 Å². The van der Waals surface area contributed by atoms with Gasteiger partial charge in [-0.2, -0.15) is 0 Å². The Kier molecular flexibility index (Phi) is 4.65. The molecule has 2 aromatic heterocycles. The summed E-state index contributed by atoms with van der Waals surface area (Å²) in [5, 5.41) is 0.698. The lowest BCUT2D eigenvalue weighted by Crippen LogP contribution is -2.28. The van der Waals surface area contributed by atoms with Crippen molar-refractivity contribution in [1.29, 1.82) is 0 Å². The Labute approximate surface area is 160 Å². The molecule has 6 nitrogen and oxygen atoms in total. The van der Waals surface area contributed by atoms with Crippen LogP contribution in [0.3, 0.4) is 0 Å². The van der Waals surface area contributed by atoms with Crippen LogP contribution in [0.15, 0.2) is 48.9 Å². The minimum absolute atomic E-state index is 0.207. The summed E-state index contributed by atoms with van der Waals surface area (Å²) in [7, 11) is 0. The first-order valence-corrected chi connectivity index (χ1v) is 8.99. The van der Waals surface area contributed by atoms with Crippen molar-refractivity contribution in [2.75, 3.05) is 13.2 Å². The fraction of sp³-hybridized carbons (Fsp3) is 0.190. The van der Waals surface area contributed by atoms with E-state index < -0.39 is 5.97 Å². The van der Waals surface area contributed by atoms with Crippen LogP contribution in [0.2, 0.25) is 0 Å². The van der Waals surface area contributed by atoms with Crippen molar-refractivity contribution in [3.63, 3.8) is 0 Å². The fourth-order valence-corrected chi connectivity index (χ4v) is 3.41. The van der Waals surface area contributed by atoms with Crippen molar-refractivity contribution in [2.45, 2.75) is 13.3 Å². The van der Waals surface area contributed by atoms with Crippen molar-refractivity contribution in [3.8, 4) is 0 Å². The molecule has 1 N–H and O–H groups in total. The van der Waals surface area contributed by atoms with Crippen molar-refractivity contribution in [3.05, 3.63) is 71.6 Å². The van der Waals surface area contributed by atoms with Crippen molar-refractivity contribution < 1.29 is 18.7 Å². The number of ether oxygens (including phenoxy) is 1. The van der Waals surface area contributed by atoms with Gasteiger partial charge in [-0.05, 0) is 49.2 Å². The fourth-order valence-electron chi connectivity index (χ4n) is 3.41. The van der Waals surface area contributed by atoms with Crippen molar-refractivity contribution >= 4 is 28.4 Å². The second kappa shape index (κ2) is 7.26. The third kappa shape index (κ3) is 3.15. The Morgan fingerprint density at radius 2 is 2.04 bits per heavy atom. The van der Waals surface area contributed by atoms with Gasteiger partial charge in [0.1, 0.15) is 5.82 Å². The SMILES string of the molecule is CCOC(=O)C1=CN(C(=O)c2ccncc2)CCc2c1[nH]c1ccc(F)cc21. The average Bonchev–Trinajstić information content (AvgIpc) is 2.94. The second-order valence-electron chi connectivity index (χ2n) is 6.42. The van der Waals surface area contributed by atoms with Crippen LogP contribution in [-0.4, -0.2) is 39.9 Å². The largest absolute Gasteiger partial charge is 0.462 e. The standard InChI is InChI=1S/C21H18FN3O3/c1-2-28-21(27)17-12-25(20(26)13-5-8-23-9-6-13)10-7-15-16-11-14(22)3-4-18(16)24-19(15)17/h3-6,8-9,11-12,24H,2,7,10H2,1H3. The molecule has 0 bridgehead atoms. The molecule has 4 rings (SSSR count). The Hall–Kier alpha value is -3.48. The van der Waals surface area contributed by atoms with Crippen LogP contribution >= 0.6 is 0 Å². The highest BCUT2D eigenvalue weighted by Crippen LogP contribution is 2.32. The number of rotatable bonds is 3. The summed E-state index contributed by atoms with van der Waals surface area (Å²) in [6, 6.07) is 7.69. The monoisotopic (exact) mass is 379 g/mol. The number of carbonyl (C=O) groups excluding carboxylic acids is 2. The molecule has 142 valence electrons. The summed E-state index contributed by atoms with van der Waals surface area (Å²) in [6.45, 7) is 2.27. The van der Waals surface area contributed by atoms with Crippen LogP contribution < -0.4 is 0 Å². The number of nitrogens with zero attached hydrogens (tertiary/aromatic N) is 2. The molecule has 28 heavy (non-hydrogen) atoms. The van der Waals surface area contributed by atoms with Crippen LogP contribution in [0, 0.1) is 5.82 Å². The average molecular weight is 379 g/mol. The number of nitrogens with one attached hydrogen (secondary N) is 1. The molecule has 0 saturated heterocycles. The van der Waals surface area contributed by atoms with Gasteiger partial charge in [0, 0.05) is 41.6 Å². The molecule has 1 aromatic carbocycles. The van der Waals surface area contributed by atoms with Gasteiger partial charge in [-0.25, -0.2) is 9.18 Å². The Balaban J connectivity index is 1.82. The number of carbonyl (C=O) groups is 2. The zero-order valence-corrected chi connectivity index (χ0v) is 15.2. The predicted molar refractivity (Wildman–Crippen MR) is 102 cm³/mol. The van der Waals surface area contributed by atoms with Gasteiger partial charge in [-0.1, -0.05) is 0 Å². The normalized spacial score (nSPS) is 13.6. The number of hydrogen-bond donors (Lipinski definition) is 1. The van der Waals surface area contributed by atoms with E-state index in [9.17, 15) is 14.0 Å². The van der Waals surface area contributed by atoms with Gasteiger partial charge in [0.05, 0.1) is 17.9 Å². The molecule has 0 aliphatic carbocycles. The van der Waals surface area contributed by atoms with Gasteiger partial charge in [-0.15, -0.1) is 0 Å². The Morgan fingerprint density at radius 3 is 2.79 bits per heavy atom. The summed E-state index contributed by atoms with van der Waals surface area (Å²) in [5.41, 5.74) is 2.79. The van der Waals surface area contributed by atoms with E-state index in [0.717, 1.165) is 11.1 Å². The predicted octanol–water partition coefficient (Wildman–Crippen LogP) is 3.30. The number of aromatic nitrogens is 2. The zero-order chi connectivity index (χ0) is 19.7. The highest BCUT2D eigenvalue weighted by atomic mass is 19.1. The zero-order valence-electron chi connectivity index (χ0n) is 15.2. The van der Waals surface area contributed by atoms with E-state index in [1.165, 1.54) is 23.2 Å². The quantitative estimate of drug-likeness (QED) is 0.709. The molecular formula is C21H18FN3O3. The van der Waals surface area contributed by atoms with E-state index >= 15 is 0 Å².